The van der Waals surface area contributed by atoms with Crippen LogP contribution in [0.1, 0.15) is 19.8 Å². The maximum Gasteiger partial charge on any atom is 0.243 e. The number of hydrogen-bond donors (Lipinski definition) is 1. The summed E-state index contributed by atoms with van der Waals surface area (Å²) in [5.74, 6) is 0.0593. The van der Waals surface area contributed by atoms with Crippen molar-refractivity contribution >= 4 is 33.4 Å². The predicted molar refractivity (Wildman–Crippen MR) is 107 cm³/mol. The first-order valence-electron chi connectivity index (χ1n) is 9.05. The molecule has 0 aliphatic carbocycles. The van der Waals surface area contributed by atoms with E-state index in [1.807, 2.05) is 19.1 Å². The van der Waals surface area contributed by atoms with E-state index in [9.17, 15) is 17.6 Å². The molecule has 2 heterocycles. The van der Waals surface area contributed by atoms with Gasteiger partial charge in [0.15, 0.2) is 0 Å². The molecule has 0 unspecified atom stereocenters. The lowest BCUT2D eigenvalue weighted by Gasteiger charge is -2.30. The summed E-state index contributed by atoms with van der Waals surface area (Å²) in [5.41, 5.74) is 0.631. The number of thioether (sulfide) groups is 1. The zero-order chi connectivity index (χ0) is 20.1. The summed E-state index contributed by atoms with van der Waals surface area (Å²) in [6, 6.07) is 8.46. The molecule has 0 spiro atoms. The Bertz CT molecular complexity index is 910. The summed E-state index contributed by atoms with van der Waals surface area (Å²) in [6.07, 6.45) is 2.50. The van der Waals surface area contributed by atoms with Gasteiger partial charge in [-0.2, -0.15) is 4.31 Å². The summed E-state index contributed by atoms with van der Waals surface area (Å²) in [4.78, 5) is 16.8. The van der Waals surface area contributed by atoms with Crippen molar-refractivity contribution in [2.75, 3.05) is 24.2 Å². The Kier molecular flexibility index (Phi) is 6.69. The molecule has 1 aromatic carbocycles. The van der Waals surface area contributed by atoms with Crippen molar-refractivity contribution in [2.24, 2.45) is 5.92 Å². The molecule has 9 heteroatoms. The number of sulfonamides is 1. The molecule has 0 atom stereocenters. The number of anilines is 1. The number of halogens is 1. The first kappa shape index (κ1) is 20.8. The fourth-order valence-corrected chi connectivity index (χ4v) is 5.10. The second-order valence-corrected chi connectivity index (χ2v) is 9.66. The second-order valence-electron chi connectivity index (χ2n) is 6.44. The number of hydrogen-bond acceptors (Lipinski definition) is 5. The van der Waals surface area contributed by atoms with Gasteiger partial charge in [-0.15, -0.1) is 11.8 Å². The van der Waals surface area contributed by atoms with Crippen molar-refractivity contribution in [1.29, 1.82) is 0 Å². The summed E-state index contributed by atoms with van der Waals surface area (Å²) < 4.78 is 39.7. The van der Waals surface area contributed by atoms with E-state index >= 15 is 0 Å². The van der Waals surface area contributed by atoms with Crippen LogP contribution in [0.2, 0.25) is 0 Å². The van der Waals surface area contributed by atoms with Gasteiger partial charge in [0.1, 0.15) is 5.82 Å². The average molecular weight is 424 g/mol. The van der Waals surface area contributed by atoms with Gasteiger partial charge in [-0.1, -0.05) is 6.92 Å². The van der Waals surface area contributed by atoms with Gasteiger partial charge in [0.2, 0.25) is 15.9 Å². The maximum absolute atomic E-state index is 13.0. The van der Waals surface area contributed by atoms with Crippen LogP contribution in [0, 0.1) is 11.7 Å². The molecule has 1 amide bonds. The largest absolute Gasteiger partial charge is 0.324 e. The van der Waals surface area contributed by atoms with Crippen molar-refractivity contribution in [3.05, 3.63) is 48.4 Å². The van der Waals surface area contributed by atoms with E-state index < -0.39 is 15.8 Å². The van der Waals surface area contributed by atoms with Crippen LogP contribution in [0.15, 0.2) is 52.5 Å². The van der Waals surface area contributed by atoms with E-state index in [0.717, 1.165) is 22.9 Å². The van der Waals surface area contributed by atoms with Crippen LogP contribution in [0.25, 0.3) is 0 Å². The standard InChI is InChI=1S/C19H22FN3O3S2/c1-2-27-18-8-5-16(13-21-18)22-19(24)14-9-11-23(12-10-14)28(25,26)17-6-3-15(20)4-7-17/h3-8,13-14H,2,9-12H2,1H3,(H,22,24). The zero-order valence-electron chi connectivity index (χ0n) is 15.5. The van der Waals surface area contributed by atoms with E-state index in [4.69, 9.17) is 0 Å². The highest BCUT2D eigenvalue weighted by Crippen LogP contribution is 2.25. The van der Waals surface area contributed by atoms with Gasteiger partial charge in [0, 0.05) is 19.0 Å². The Morgan fingerprint density at radius 3 is 2.46 bits per heavy atom. The summed E-state index contributed by atoms with van der Waals surface area (Å²) >= 11 is 1.63. The minimum atomic E-state index is -3.67. The minimum absolute atomic E-state index is 0.0629. The average Bonchev–Trinajstić information content (AvgIpc) is 2.70. The van der Waals surface area contributed by atoms with Gasteiger partial charge < -0.3 is 5.32 Å². The Labute approximate surface area is 168 Å². The smallest absolute Gasteiger partial charge is 0.243 e. The van der Waals surface area contributed by atoms with Gasteiger partial charge in [-0.3, -0.25) is 4.79 Å². The molecule has 1 aliphatic rings. The SMILES string of the molecule is CCSc1ccc(NC(=O)C2CCN(S(=O)(=O)c3ccc(F)cc3)CC2)cn1. The molecule has 1 aliphatic heterocycles. The predicted octanol–water partition coefficient (Wildman–Crippen LogP) is 3.37. The highest BCUT2D eigenvalue weighted by molar-refractivity contribution is 7.99. The van der Waals surface area contributed by atoms with Crippen LogP contribution in [0.5, 0.6) is 0 Å². The molecule has 0 saturated carbocycles. The van der Waals surface area contributed by atoms with Gasteiger partial charge in [-0.05, 0) is 55.0 Å². The summed E-state index contributed by atoms with van der Waals surface area (Å²) in [6.45, 7) is 2.55. The number of aromatic nitrogens is 1. The number of rotatable bonds is 6. The lowest BCUT2D eigenvalue weighted by atomic mass is 9.97. The van der Waals surface area contributed by atoms with Crippen LogP contribution >= 0.6 is 11.8 Å². The number of carbonyl (C=O) groups excluding carboxylic acids is 1. The van der Waals surface area contributed by atoms with Crippen LogP contribution < -0.4 is 5.32 Å². The minimum Gasteiger partial charge on any atom is -0.324 e. The zero-order valence-corrected chi connectivity index (χ0v) is 17.1. The van der Waals surface area contributed by atoms with Crippen LogP contribution in [0.3, 0.4) is 0 Å². The molecular weight excluding hydrogens is 401 g/mol. The molecule has 1 N–H and O–H groups in total. The molecule has 3 rings (SSSR count). The third-order valence-electron chi connectivity index (χ3n) is 4.57. The Balaban J connectivity index is 1.57. The summed E-state index contributed by atoms with van der Waals surface area (Å²) in [5, 5.41) is 3.75. The highest BCUT2D eigenvalue weighted by Gasteiger charge is 2.32. The quantitative estimate of drug-likeness (QED) is 0.721. The van der Waals surface area contributed by atoms with Crippen LogP contribution in [-0.2, 0) is 14.8 Å². The van der Waals surface area contributed by atoms with Crippen LogP contribution in [0.4, 0.5) is 10.1 Å². The molecule has 2 aromatic rings. The molecule has 28 heavy (non-hydrogen) atoms. The fraction of sp³-hybridized carbons (Fsp3) is 0.368. The maximum atomic E-state index is 13.0. The fourth-order valence-electron chi connectivity index (χ4n) is 3.05. The number of amides is 1. The molecule has 0 bridgehead atoms. The lowest BCUT2D eigenvalue weighted by molar-refractivity contribution is -0.120. The second kappa shape index (κ2) is 9.02. The topological polar surface area (TPSA) is 79.4 Å². The molecule has 1 saturated heterocycles. The van der Waals surface area contributed by atoms with E-state index in [-0.39, 0.29) is 29.8 Å². The number of pyridine rings is 1. The van der Waals surface area contributed by atoms with E-state index in [1.165, 1.54) is 16.4 Å². The van der Waals surface area contributed by atoms with Crippen LogP contribution in [-0.4, -0.2) is 42.5 Å². The van der Waals surface area contributed by atoms with Crippen molar-refractivity contribution in [3.8, 4) is 0 Å². The Hall–Kier alpha value is -1.97. The molecule has 1 aromatic heterocycles. The van der Waals surface area contributed by atoms with Gasteiger partial charge in [0.25, 0.3) is 0 Å². The van der Waals surface area contributed by atoms with Crippen molar-refractivity contribution in [2.45, 2.75) is 29.7 Å². The monoisotopic (exact) mass is 423 g/mol. The first-order valence-corrected chi connectivity index (χ1v) is 11.5. The summed E-state index contributed by atoms with van der Waals surface area (Å²) in [7, 11) is -3.67. The van der Waals surface area contributed by atoms with E-state index in [0.29, 0.717) is 18.5 Å². The molecular formula is C19H22FN3O3S2. The number of benzene rings is 1. The first-order chi connectivity index (χ1) is 13.4. The van der Waals surface area contributed by atoms with Gasteiger partial charge in [0.05, 0.1) is 21.8 Å². The van der Waals surface area contributed by atoms with Crippen molar-refractivity contribution in [1.82, 2.24) is 9.29 Å². The number of nitrogens with zero attached hydrogens (tertiary/aromatic N) is 2. The number of carbonyl (C=O) groups is 1. The molecule has 0 radical (unpaired) electrons. The van der Waals surface area contributed by atoms with Gasteiger partial charge >= 0.3 is 0 Å². The lowest BCUT2D eigenvalue weighted by Crippen LogP contribution is -2.41. The van der Waals surface area contributed by atoms with E-state index in [2.05, 4.69) is 10.3 Å². The Morgan fingerprint density at radius 1 is 1.21 bits per heavy atom. The molecule has 150 valence electrons. The molecule has 6 nitrogen and oxygen atoms in total. The third-order valence-corrected chi connectivity index (χ3v) is 7.31. The number of nitrogens with one attached hydrogen (secondary N) is 1. The van der Waals surface area contributed by atoms with Crippen molar-refractivity contribution < 1.29 is 17.6 Å². The number of piperidine rings is 1. The Morgan fingerprint density at radius 2 is 1.89 bits per heavy atom. The molecule has 1 fully saturated rings. The normalized spacial score (nSPS) is 16.1. The van der Waals surface area contributed by atoms with Gasteiger partial charge in [-0.25, -0.2) is 17.8 Å². The third kappa shape index (κ3) is 4.89. The van der Waals surface area contributed by atoms with E-state index in [1.54, 1.807) is 18.0 Å². The highest BCUT2D eigenvalue weighted by atomic mass is 32.2. The van der Waals surface area contributed by atoms with Crippen molar-refractivity contribution in [3.63, 3.8) is 0 Å².